The number of nitrogens with one attached hydrogen (secondary N) is 1. The summed E-state index contributed by atoms with van der Waals surface area (Å²) in [5.74, 6) is 1.10. The molecule has 0 aliphatic carbocycles. The lowest BCUT2D eigenvalue weighted by molar-refractivity contribution is -0.141. The monoisotopic (exact) mass is 302 g/mol. The van der Waals surface area contributed by atoms with Crippen LogP contribution in [-0.4, -0.2) is 35.9 Å². The van der Waals surface area contributed by atoms with Crippen molar-refractivity contribution in [3.05, 3.63) is 17.8 Å². The zero-order valence-corrected chi connectivity index (χ0v) is 12.3. The molecule has 0 spiro atoms. The van der Waals surface area contributed by atoms with Crippen LogP contribution in [0.5, 0.6) is 0 Å². The predicted octanol–water partition coefficient (Wildman–Crippen LogP) is 2.71. The lowest BCUT2D eigenvalue weighted by Gasteiger charge is -2.26. The van der Waals surface area contributed by atoms with Crippen molar-refractivity contribution in [1.82, 2.24) is 15.5 Å². The third-order valence-electron chi connectivity index (χ3n) is 3.54. The van der Waals surface area contributed by atoms with E-state index in [1.165, 1.54) is 6.07 Å². The Bertz CT molecular complexity index is 445. The highest BCUT2D eigenvalue weighted by molar-refractivity contribution is 5.40. The molecule has 1 aromatic heterocycles. The number of aromatic nitrogens is 2. The van der Waals surface area contributed by atoms with Gasteiger partial charge in [0.25, 0.3) is 0 Å². The molecule has 1 saturated heterocycles. The Morgan fingerprint density at radius 2 is 2.10 bits per heavy atom. The van der Waals surface area contributed by atoms with Gasteiger partial charge in [-0.25, -0.2) is 0 Å². The summed E-state index contributed by atoms with van der Waals surface area (Å²) in [6.45, 7) is 6.85. The Morgan fingerprint density at radius 1 is 1.33 bits per heavy atom. The van der Waals surface area contributed by atoms with Gasteiger partial charge in [-0.2, -0.15) is 13.2 Å². The summed E-state index contributed by atoms with van der Waals surface area (Å²) in [5.41, 5.74) is -0.945. The standard InChI is InChI=1S/C14H21F3N4/c1-10(2)8-18-9-11-4-3-7-21(11)13-6-5-12(19-20-13)14(15,16)17/h5-6,10-11,18H,3-4,7-9H2,1-2H3. The first kappa shape index (κ1) is 16.0. The molecule has 2 heterocycles. The van der Waals surface area contributed by atoms with Gasteiger partial charge in [0.15, 0.2) is 11.5 Å². The van der Waals surface area contributed by atoms with E-state index in [2.05, 4.69) is 29.4 Å². The highest BCUT2D eigenvalue weighted by Gasteiger charge is 2.33. The van der Waals surface area contributed by atoms with Crippen molar-refractivity contribution in [2.75, 3.05) is 24.5 Å². The molecule has 1 fully saturated rings. The number of anilines is 1. The molecule has 4 nitrogen and oxygen atoms in total. The van der Waals surface area contributed by atoms with Gasteiger partial charge in [0.1, 0.15) is 0 Å². The number of alkyl halides is 3. The van der Waals surface area contributed by atoms with Gasteiger partial charge in [0.2, 0.25) is 0 Å². The van der Waals surface area contributed by atoms with Gasteiger partial charge in [-0.15, -0.1) is 10.2 Å². The Hall–Kier alpha value is -1.37. The van der Waals surface area contributed by atoms with E-state index in [1.807, 2.05) is 4.90 Å². The smallest absolute Gasteiger partial charge is 0.351 e. The minimum Gasteiger partial charge on any atom is -0.351 e. The molecule has 0 radical (unpaired) electrons. The largest absolute Gasteiger partial charge is 0.435 e. The number of hydrogen-bond donors (Lipinski definition) is 1. The first-order valence-corrected chi connectivity index (χ1v) is 7.26. The second-order valence-electron chi connectivity index (χ2n) is 5.82. The maximum absolute atomic E-state index is 12.5. The lowest BCUT2D eigenvalue weighted by Crippen LogP contribution is -2.39. The zero-order valence-electron chi connectivity index (χ0n) is 12.3. The van der Waals surface area contributed by atoms with Crippen LogP contribution in [0.25, 0.3) is 0 Å². The van der Waals surface area contributed by atoms with Crippen molar-refractivity contribution < 1.29 is 13.2 Å². The van der Waals surface area contributed by atoms with E-state index in [0.717, 1.165) is 38.5 Å². The first-order valence-electron chi connectivity index (χ1n) is 7.26. The van der Waals surface area contributed by atoms with Gasteiger partial charge < -0.3 is 10.2 Å². The number of halogens is 3. The van der Waals surface area contributed by atoms with Crippen LogP contribution < -0.4 is 10.2 Å². The number of rotatable bonds is 5. The average molecular weight is 302 g/mol. The van der Waals surface area contributed by atoms with E-state index in [4.69, 9.17) is 0 Å². The van der Waals surface area contributed by atoms with Crippen molar-refractivity contribution in [3.8, 4) is 0 Å². The van der Waals surface area contributed by atoms with Gasteiger partial charge in [0.05, 0.1) is 0 Å². The van der Waals surface area contributed by atoms with Crippen LogP contribution in [-0.2, 0) is 6.18 Å². The maximum atomic E-state index is 12.5. The van der Waals surface area contributed by atoms with Gasteiger partial charge in [-0.05, 0) is 37.4 Å². The quantitative estimate of drug-likeness (QED) is 0.908. The van der Waals surface area contributed by atoms with Crippen molar-refractivity contribution >= 4 is 5.82 Å². The summed E-state index contributed by atoms with van der Waals surface area (Å²) < 4.78 is 37.5. The van der Waals surface area contributed by atoms with E-state index in [0.29, 0.717) is 11.7 Å². The second-order valence-corrected chi connectivity index (χ2v) is 5.82. The normalized spacial score (nSPS) is 19.5. The van der Waals surface area contributed by atoms with Gasteiger partial charge in [-0.3, -0.25) is 0 Å². The molecular formula is C14H21F3N4. The topological polar surface area (TPSA) is 41.0 Å². The lowest BCUT2D eigenvalue weighted by atomic mass is 10.2. The highest BCUT2D eigenvalue weighted by Crippen LogP contribution is 2.29. The van der Waals surface area contributed by atoms with Crippen molar-refractivity contribution in [2.24, 2.45) is 5.92 Å². The van der Waals surface area contributed by atoms with Gasteiger partial charge in [-0.1, -0.05) is 13.8 Å². The molecule has 1 unspecified atom stereocenters. The molecule has 1 N–H and O–H groups in total. The van der Waals surface area contributed by atoms with Crippen LogP contribution in [0, 0.1) is 5.92 Å². The molecule has 21 heavy (non-hydrogen) atoms. The second kappa shape index (κ2) is 6.60. The fourth-order valence-electron chi connectivity index (χ4n) is 2.52. The van der Waals surface area contributed by atoms with E-state index < -0.39 is 11.9 Å². The Kier molecular flexibility index (Phi) is 5.03. The fraction of sp³-hybridized carbons (Fsp3) is 0.714. The fourth-order valence-corrected chi connectivity index (χ4v) is 2.52. The highest BCUT2D eigenvalue weighted by atomic mass is 19.4. The molecular weight excluding hydrogens is 281 g/mol. The summed E-state index contributed by atoms with van der Waals surface area (Å²) in [7, 11) is 0. The molecule has 0 amide bonds. The third-order valence-corrected chi connectivity index (χ3v) is 3.54. The summed E-state index contributed by atoms with van der Waals surface area (Å²) >= 11 is 0. The molecule has 0 saturated carbocycles. The number of hydrogen-bond acceptors (Lipinski definition) is 4. The molecule has 7 heteroatoms. The molecule has 2 rings (SSSR count). The molecule has 1 aromatic rings. The van der Waals surface area contributed by atoms with E-state index in [-0.39, 0.29) is 6.04 Å². The van der Waals surface area contributed by atoms with E-state index >= 15 is 0 Å². The Balaban J connectivity index is 1.99. The number of nitrogens with zero attached hydrogens (tertiary/aromatic N) is 3. The third kappa shape index (κ3) is 4.30. The van der Waals surface area contributed by atoms with Crippen LogP contribution in [0.15, 0.2) is 12.1 Å². The van der Waals surface area contributed by atoms with Gasteiger partial charge in [0, 0.05) is 19.1 Å². The van der Waals surface area contributed by atoms with Crippen LogP contribution in [0.3, 0.4) is 0 Å². The summed E-state index contributed by atoms with van der Waals surface area (Å²) in [6, 6.07) is 2.69. The summed E-state index contributed by atoms with van der Waals surface area (Å²) in [6.07, 6.45) is -2.39. The predicted molar refractivity (Wildman–Crippen MR) is 75.1 cm³/mol. The Labute approximate surface area is 122 Å². The van der Waals surface area contributed by atoms with Gasteiger partial charge >= 0.3 is 6.18 Å². The molecule has 118 valence electrons. The van der Waals surface area contributed by atoms with Crippen LogP contribution in [0.1, 0.15) is 32.4 Å². The first-order chi connectivity index (χ1) is 9.88. The average Bonchev–Trinajstić information content (AvgIpc) is 2.86. The Morgan fingerprint density at radius 3 is 2.67 bits per heavy atom. The minimum absolute atomic E-state index is 0.273. The van der Waals surface area contributed by atoms with E-state index in [9.17, 15) is 13.2 Å². The van der Waals surface area contributed by atoms with Crippen molar-refractivity contribution in [2.45, 2.75) is 38.9 Å². The zero-order chi connectivity index (χ0) is 15.5. The summed E-state index contributed by atoms with van der Waals surface area (Å²) in [5, 5.41) is 10.4. The van der Waals surface area contributed by atoms with Crippen molar-refractivity contribution in [3.63, 3.8) is 0 Å². The summed E-state index contributed by atoms with van der Waals surface area (Å²) in [4.78, 5) is 2.04. The molecule has 0 aromatic carbocycles. The molecule has 1 aliphatic heterocycles. The molecule has 1 atom stereocenters. The van der Waals surface area contributed by atoms with E-state index in [1.54, 1.807) is 0 Å². The van der Waals surface area contributed by atoms with Crippen molar-refractivity contribution in [1.29, 1.82) is 0 Å². The molecule has 0 bridgehead atoms. The van der Waals surface area contributed by atoms with Crippen LogP contribution in [0.4, 0.5) is 19.0 Å². The minimum atomic E-state index is -4.44. The molecule has 1 aliphatic rings. The SMILES string of the molecule is CC(C)CNCC1CCCN1c1ccc(C(F)(F)F)nn1. The maximum Gasteiger partial charge on any atom is 0.435 e. The van der Waals surface area contributed by atoms with Crippen LogP contribution >= 0.6 is 0 Å². The van der Waals surface area contributed by atoms with Crippen LogP contribution in [0.2, 0.25) is 0 Å².